The number of halogens is 1. The summed E-state index contributed by atoms with van der Waals surface area (Å²) in [6.07, 6.45) is 7.18. The molecule has 208 valence electrons. The number of carbonyl (C=O) groups excluding carboxylic acids is 3. The molecular formula is C30H37ClN4O4. The van der Waals surface area contributed by atoms with E-state index in [1.54, 1.807) is 32.0 Å². The Hall–Kier alpha value is -3.36. The lowest BCUT2D eigenvalue weighted by molar-refractivity contribution is -0.137. The van der Waals surface area contributed by atoms with E-state index >= 15 is 0 Å². The van der Waals surface area contributed by atoms with Crippen LogP contribution in [-0.2, 0) is 20.8 Å². The molecule has 1 atom stereocenters. The molecule has 2 aromatic rings. The Bertz CT molecular complexity index is 1220. The minimum absolute atomic E-state index is 0.222. The predicted octanol–water partition coefficient (Wildman–Crippen LogP) is 3.39. The van der Waals surface area contributed by atoms with E-state index in [-0.39, 0.29) is 24.8 Å². The lowest BCUT2D eigenvalue weighted by atomic mass is 9.93. The molecule has 0 aromatic heterocycles. The molecule has 1 fully saturated rings. The number of hydrogen-bond acceptors (Lipinski definition) is 5. The van der Waals surface area contributed by atoms with Crippen molar-refractivity contribution in [3.8, 4) is 5.75 Å². The fourth-order valence-corrected chi connectivity index (χ4v) is 5.25. The first-order chi connectivity index (χ1) is 18.7. The summed E-state index contributed by atoms with van der Waals surface area (Å²) < 4.78 is 6.04. The highest BCUT2D eigenvalue weighted by molar-refractivity contribution is 6.30. The molecule has 1 aliphatic heterocycles. The van der Waals surface area contributed by atoms with Gasteiger partial charge in [0.1, 0.15) is 23.9 Å². The van der Waals surface area contributed by atoms with Crippen molar-refractivity contribution in [1.82, 2.24) is 21.3 Å². The van der Waals surface area contributed by atoms with Gasteiger partial charge in [-0.2, -0.15) is 0 Å². The van der Waals surface area contributed by atoms with Crippen LogP contribution in [0, 0.1) is 0 Å². The molecule has 4 N–H and O–H groups in total. The first-order valence-electron chi connectivity index (χ1n) is 13.5. The second-order valence-electron chi connectivity index (χ2n) is 10.7. The zero-order valence-electron chi connectivity index (χ0n) is 22.5. The Morgan fingerprint density at radius 3 is 2.54 bits per heavy atom. The van der Waals surface area contributed by atoms with E-state index in [1.807, 2.05) is 42.5 Å². The summed E-state index contributed by atoms with van der Waals surface area (Å²) in [6.45, 7) is 4.43. The highest BCUT2D eigenvalue weighted by atomic mass is 35.5. The molecule has 1 spiro atoms. The zero-order chi connectivity index (χ0) is 27.9. The average molecular weight is 553 g/mol. The van der Waals surface area contributed by atoms with Crippen molar-refractivity contribution in [3.63, 3.8) is 0 Å². The fraction of sp³-hybridized carbons (Fsp3) is 0.433. The summed E-state index contributed by atoms with van der Waals surface area (Å²) in [5.74, 6) is -0.282. The second kappa shape index (κ2) is 12.7. The van der Waals surface area contributed by atoms with Crippen molar-refractivity contribution < 1.29 is 19.1 Å². The van der Waals surface area contributed by atoms with E-state index in [4.69, 9.17) is 16.3 Å². The van der Waals surface area contributed by atoms with Crippen LogP contribution in [0.15, 0.2) is 54.6 Å². The first kappa shape index (κ1) is 28.6. The van der Waals surface area contributed by atoms with E-state index < -0.39 is 23.0 Å². The maximum absolute atomic E-state index is 13.6. The number of hydrogen-bond donors (Lipinski definition) is 4. The van der Waals surface area contributed by atoms with E-state index in [0.717, 1.165) is 29.7 Å². The van der Waals surface area contributed by atoms with Gasteiger partial charge in [-0.05, 0) is 50.5 Å². The average Bonchev–Trinajstić information content (AvgIpc) is 3.39. The minimum atomic E-state index is -1.25. The molecule has 1 aliphatic carbocycles. The molecular weight excluding hydrogens is 516 g/mol. The fourth-order valence-electron chi connectivity index (χ4n) is 5.04. The number of rotatable bonds is 2. The van der Waals surface area contributed by atoms with E-state index in [9.17, 15) is 14.4 Å². The van der Waals surface area contributed by atoms with Crippen LogP contribution < -0.4 is 26.0 Å². The predicted molar refractivity (Wildman–Crippen MR) is 152 cm³/mol. The molecule has 1 heterocycles. The van der Waals surface area contributed by atoms with Crippen LogP contribution >= 0.6 is 11.6 Å². The molecule has 39 heavy (non-hydrogen) atoms. The second-order valence-corrected chi connectivity index (χ2v) is 11.1. The molecule has 4 rings (SSSR count). The van der Waals surface area contributed by atoms with Gasteiger partial charge in [-0.25, -0.2) is 0 Å². The summed E-state index contributed by atoms with van der Waals surface area (Å²) in [5, 5.41) is 12.7. The molecule has 2 aromatic carbocycles. The van der Waals surface area contributed by atoms with Gasteiger partial charge in [0.15, 0.2) is 0 Å². The Balaban J connectivity index is 1.61. The third kappa shape index (κ3) is 7.40. The van der Waals surface area contributed by atoms with Crippen molar-refractivity contribution in [2.45, 2.75) is 63.1 Å². The van der Waals surface area contributed by atoms with Gasteiger partial charge >= 0.3 is 0 Å². The number of amides is 3. The van der Waals surface area contributed by atoms with Crippen molar-refractivity contribution in [2.75, 3.05) is 19.7 Å². The Kier molecular flexibility index (Phi) is 9.30. The van der Waals surface area contributed by atoms with E-state index in [2.05, 4.69) is 21.3 Å². The molecule has 0 bridgehead atoms. The van der Waals surface area contributed by atoms with E-state index in [0.29, 0.717) is 31.0 Å². The number of ether oxygens (including phenoxy) is 1. The van der Waals surface area contributed by atoms with Crippen LogP contribution in [0.3, 0.4) is 0 Å². The quantitative estimate of drug-likeness (QED) is 0.457. The SMILES string of the molecule is CC1(C)NC(=O)C2(CCCC2)NCCOc2ccccc2C=CCNC(=O)[C@H](Cc2cccc(Cl)c2)NC1=O. The maximum Gasteiger partial charge on any atom is 0.245 e. The third-order valence-electron chi connectivity index (χ3n) is 7.27. The van der Waals surface area contributed by atoms with Crippen LogP contribution in [-0.4, -0.2) is 54.5 Å². The van der Waals surface area contributed by atoms with Crippen LogP contribution in [0.25, 0.3) is 6.08 Å². The zero-order valence-corrected chi connectivity index (χ0v) is 23.3. The van der Waals surface area contributed by atoms with Crippen LogP contribution in [0.4, 0.5) is 0 Å². The Morgan fingerprint density at radius 1 is 1.00 bits per heavy atom. The molecule has 8 nitrogen and oxygen atoms in total. The van der Waals surface area contributed by atoms with Crippen molar-refractivity contribution in [1.29, 1.82) is 0 Å². The number of benzene rings is 2. The Labute approximate surface area is 234 Å². The van der Waals surface area contributed by atoms with Crippen molar-refractivity contribution in [2.24, 2.45) is 0 Å². The van der Waals surface area contributed by atoms with Gasteiger partial charge in [0, 0.05) is 30.1 Å². The van der Waals surface area contributed by atoms with Crippen molar-refractivity contribution in [3.05, 3.63) is 70.8 Å². The van der Waals surface area contributed by atoms with Crippen LogP contribution in [0.2, 0.25) is 5.02 Å². The topological polar surface area (TPSA) is 109 Å². The number of carbonyl (C=O) groups is 3. The Morgan fingerprint density at radius 2 is 1.77 bits per heavy atom. The van der Waals surface area contributed by atoms with Crippen molar-refractivity contribution >= 4 is 35.4 Å². The van der Waals surface area contributed by atoms with Gasteiger partial charge < -0.3 is 20.7 Å². The summed E-state index contributed by atoms with van der Waals surface area (Å²) in [7, 11) is 0. The molecule has 9 heteroatoms. The highest BCUT2D eigenvalue weighted by Gasteiger charge is 2.44. The standard InChI is InChI=1S/C30H37ClN4O4/c1-29(2)27(37)34-24(20-21-9-7-12-23(31)19-21)26(36)32-16-8-11-22-10-3-4-13-25(22)39-18-17-33-30(28(38)35-29)14-5-6-15-30/h3-4,7-13,19,24,33H,5-6,14-18,20H2,1-2H3,(H,32,36)(H,34,37)(H,35,38)/t24-/m0/s1. The lowest BCUT2D eigenvalue weighted by Gasteiger charge is -2.35. The number of fused-ring (bicyclic) bond motifs is 1. The summed E-state index contributed by atoms with van der Waals surface area (Å²) in [4.78, 5) is 40.3. The highest BCUT2D eigenvalue weighted by Crippen LogP contribution is 2.30. The van der Waals surface area contributed by atoms with Gasteiger partial charge in [-0.3, -0.25) is 19.7 Å². The minimum Gasteiger partial charge on any atom is -0.492 e. The smallest absolute Gasteiger partial charge is 0.245 e. The molecule has 1 saturated carbocycles. The normalized spacial score (nSPS) is 22.0. The van der Waals surface area contributed by atoms with Crippen LogP contribution in [0.5, 0.6) is 5.75 Å². The summed E-state index contributed by atoms with van der Waals surface area (Å²) in [5.41, 5.74) is -0.333. The monoisotopic (exact) mass is 552 g/mol. The molecule has 0 unspecified atom stereocenters. The maximum atomic E-state index is 13.6. The molecule has 2 aliphatic rings. The van der Waals surface area contributed by atoms with Crippen LogP contribution in [0.1, 0.15) is 50.7 Å². The summed E-state index contributed by atoms with van der Waals surface area (Å²) >= 11 is 6.16. The number of para-hydroxylation sites is 1. The molecule has 0 radical (unpaired) electrons. The van der Waals surface area contributed by atoms with Gasteiger partial charge in [0.25, 0.3) is 0 Å². The van der Waals surface area contributed by atoms with E-state index in [1.165, 1.54) is 0 Å². The summed E-state index contributed by atoms with van der Waals surface area (Å²) in [6, 6.07) is 14.0. The third-order valence-corrected chi connectivity index (χ3v) is 7.50. The van der Waals surface area contributed by atoms with Gasteiger partial charge in [0.05, 0.1) is 5.54 Å². The van der Waals surface area contributed by atoms with Gasteiger partial charge in [0.2, 0.25) is 17.7 Å². The number of nitrogens with one attached hydrogen (secondary N) is 4. The first-order valence-corrected chi connectivity index (χ1v) is 13.9. The van der Waals surface area contributed by atoms with Gasteiger partial charge in [-0.15, -0.1) is 0 Å². The lowest BCUT2D eigenvalue weighted by Crippen LogP contribution is -2.65. The molecule has 0 saturated heterocycles. The largest absolute Gasteiger partial charge is 0.492 e. The molecule has 3 amide bonds. The van der Waals surface area contributed by atoms with Gasteiger partial charge in [-0.1, -0.05) is 66.9 Å².